The number of hydrogen-bond acceptors (Lipinski definition) is 3. The second-order valence-corrected chi connectivity index (χ2v) is 7.17. The average molecular weight is 357 g/mol. The molecule has 0 unspecified atom stereocenters. The van der Waals surface area contributed by atoms with Crippen molar-refractivity contribution in [2.24, 2.45) is 0 Å². The normalized spacial score (nSPS) is 10.9. The van der Waals surface area contributed by atoms with Crippen LogP contribution in [0, 0.1) is 6.92 Å². The zero-order valence-electron chi connectivity index (χ0n) is 15.4. The van der Waals surface area contributed by atoms with E-state index in [0.717, 1.165) is 31.1 Å². The van der Waals surface area contributed by atoms with Crippen molar-refractivity contribution >= 4 is 23.4 Å². The highest BCUT2D eigenvalue weighted by Gasteiger charge is 2.06. The number of hydrogen-bond donors (Lipinski definition) is 1. The van der Waals surface area contributed by atoms with Gasteiger partial charge in [-0.2, -0.15) is 0 Å². The summed E-state index contributed by atoms with van der Waals surface area (Å²) in [4.78, 5) is 14.5. The van der Waals surface area contributed by atoms with Gasteiger partial charge in [-0.05, 0) is 43.3 Å². The molecule has 0 aromatic heterocycles. The summed E-state index contributed by atoms with van der Waals surface area (Å²) < 4.78 is 0. The second kappa shape index (κ2) is 10.3. The molecule has 0 spiro atoms. The zero-order valence-corrected chi connectivity index (χ0v) is 16.2. The molecular formula is C21H28N2OS. The Kier molecular flexibility index (Phi) is 8.02. The first-order chi connectivity index (χ1) is 12.1. The van der Waals surface area contributed by atoms with Crippen LogP contribution in [-0.2, 0) is 17.1 Å². The van der Waals surface area contributed by atoms with Crippen molar-refractivity contribution in [1.82, 2.24) is 4.90 Å². The first kappa shape index (κ1) is 19.5. The van der Waals surface area contributed by atoms with Crippen molar-refractivity contribution in [3.8, 4) is 0 Å². The molecule has 0 aliphatic carbocycles. The monoisotopic (exact) mass is 356 g/mol. The molecule has 0 fully saturated rings. The molecule has 0 radical (unpaired) electrons. The number of anilines is 1. The van der Waals surface area contributed by atoms with Crippen LogP contribution in [0.5, 0.6) is 0 Å². The van der Waals surface area contributed by atoms with E-state index in [0.29, 0.717) is 5.75 Å². The van der Waals surface area contributed by atoms with Gasteiger partial charge in [0.2, 0.25) is 5.91 Å². The molecular weight excluding hydrogens is 328 g/mol. The molecule has 0 aliphatic heterocycles. The van der Waals surface area contributed by atoms with Crippen molar-refractivity contribution in [2.75, 3.05) is 24.2 Å². The summed E-state index contributed by atoms with van der Waals surface area (Å²) in [6.45, 7) is 9.39. The molecule has 0 bridgehead atoms. The molecule has 0 saturated heterocycles. The van der Waals surface area contributed by atoms with Gasteiger partial charge in [-0.3, -0.25) is 9.69 Å². The summed E-state index contributed by atoms with van der Waals surface area (Å²) in [6, 6.07) is 16.6. The number of benzene rings is 2. The van der Waals surface area contributed by atoms with Gasteiger partial charge in [0.05, 0.1) is 5.75 Å². The summed E-state index contributed by atoms with van der Waals surface area (Å²) in [6.07, 6.45) is 0. The van der Waals surface area contributed by atoms with Gasteiger partial charge in [0.25, 0.3) is 0 Å². The Morgan fingerprint density at radius 3 is 2.44 bits per heavy atom. The lowest BCUT2D eigenvalue weighted by Crippen LogP contribution is -2.22. The Labute approximate surface area is 155 Å². The van der Waals surface area contributed by atoms with E-state index in [9.17, 15) is 4.79 Å². The van der Waals surface area contributed by atoms with Gasteiger partial charge in [0.15, 0.2) is 0 Å². The molecule has 2 aromatic rings. The quantitative estimate of drug-likeness (QED) is 0.706. The first-order valence-corrected chi connectivity index (χ1v) is 10.0. The summed E-state index contributed by atoms with van der Waals surface area (Å²) in [5, 5.41) is 3.01. The van der Waals surface area contributed by atoms with E-state index in [2.05, 4.69) is 67.4 Å². The number of rotatable bonds is 9. The van der Waals surface area contributed by atoms with Crippen molar-refractivity contribution in [3.05, 3.63) is 65.2 Å². The van der Waals surface area contributed by atoms with Crippen LogP contribution in [-0.4, -0.2) is 29.6 Å². The maximum atomic E-state index is 12.2. The third-order valence-corrected chi connectivity index (χ3v) is 5.14. The van der Waals surface area contributed by atoms with Gasteiger partial charge in [0, 0.05) is 18.0 Å². The largest absolute Gasteiger partial charge is 0.325 e. The number of nitrogens with one attached hydrogen (secondary N) is 1. The molecule has 134 valence electrons. The minimum absolute atomic E-state index is 0.0529. The lowest BCUT2D eigenvalue weighted by atomic mass is 10.2. The van der Waals surface area contributed by atoms with E-state index in [1.54, 1.807) is 11.8 Å². The van der Waals surface area contributed by atoms with E-state index < -0.39 is 0 Å². The highest BCUT2D eigenvalue weighted by atomic mass is 32.2. The summed E-state index contributed by atoms with van der Waals surface area (Å²) in [5.41, 5.74) is 4.63. The number of thioether (sulfide) groups is 1. The van der Waals surface area contributed by atoms with Gasteiger partial charge in [-0.25, -0.2) is 0 Å². The number of nitrogens with zero attached hydrogens (tertiary/aromatic N) is 1. The zero-order chi connectivity index (χ0) is 18.1. The number of carbonyl (C=O) groups is 1. The molecule has 2 rings (SSSR count). The highest BCUT2D eigenvalue weighted by molar-refractivity contribution is 7.99. The van der Waals surface area contributed by atoms with Crippen molar-refractivity contribution in [3.63, 3.8) is 0 Å². The predicted octanol–water partition coefficient (Wildman–Crippen LogP) is 4.71. The van der Waals surface area contributed by atoms with Crippen LogP contribution >= 0.6 is 11.8 Å². The SMILES string of the molecule is CCN(CC)Cc1cccc(NC(=O)CSCc2ccc(C)cc2)c1. The van der Waals surface area contributed by atoms with Gasteiger partial charge >= 0.3 is 0 Å². The fraction of sp³-hybridized carbons (Fsp3) is 0.381. The number of amides is 1. The molecule has 25 heavy (non-hydrogen) atoms. The van der Waals surface area contributed by atoms with Gasteiger partial charge in [-0.15, -0.1) is 11.8 Å². The summed E-state index contributed by atoms with van der Waals surface area (Å²) in [5.74, 6) is 1.38. The van der Waals surface area contributed by atoms with E-state index in [1.807, 2.05) is 12.1 Å². The fourth-order valence-electron chi connectivity index (χ4n) is 2.60. The summed E-state index contributed by atoms with van der Waals surface area (Å²) in [7, 11) is 0. The van der Waals surface area contributed by atoms with Gasteiger partial charge in [0.1, 0.15) is 0 Å². The minimum atomic E-state index is 0.0529. The number of aryl methyl sites for hydroxylation is 1. The third kappa shape index (κ3) is 6.92. The summed E-state index contributed by atoms with van der Waals surface area (Å²) >= 11 is 1.64. The Balaban J connectivity index is 1.80. The van der Waals surface area contributed by atoms with Crippen molar-refractivity contribution in [1.29, 1.82) is 0 Å². The van der Waals surface area contributed by atoms with Crippen LogP contribution in [0.15, 0.2) is 48.5 Å². The lowest BCUT2D eigenvalue weighted by Gasteiger charge is -2.18. The topological polar surface area (TPSA) is 32.3 Å². The van der Waals surface area contributed by atoms with Crippen LogP contribution in [0.25, 0.3) is 0 Å². The lowest BCUT2D eigenvalue weighted by molar-refractivity contribution is -0.113. The van der Waals surface area contributed by atoms with Crippen LogP contribution in [0.2, 0.25) is 0 Å². The highest BCUT2D eigenvalue weighted by Crippen LogP contribution is 2.16. The Morgan fingerprint density at radius 2 is 1.76 bits per heavy atom. The molecule has 0 saturated carbocycles. The predicted molar refractivity (Wildman–Crippen MR) is 109 cm³/mol. The van der Waals surface area contributed by atoms with Gasteiger partial charge in [-0.1, -0.05) is 55.8 Å². The fourth-order valence-corrected chi connectivity index (χ4v) is 3.38. The molecule has 2 aromatic carbocycles. The maximum absolute atomic E-state index is 12.2. The number of carbonyl (C=O) groups excluding carboxylic acids is 1. The van der Waals surface area contributed by atoms with Crippen LogP contribution < -0.4 is 5.32 Å². The second-order valence-electron chi connectivity index (χ2n) is 6.19. The maximum Gasteiger partial charge on any atom is 0.234 e. The Hall–Kier alpha value is -1.78. The molecule has 0 atom stereocenters. The van der Waals surface area contributed by atoms with E-state index >= 15 is 0 Å². The third-order valence-electron chi connectivity index (χ3n) is 4.13. The van der Waals surface area contributed by atoms with E-state index in [-0.39, 0.29) is 5.91 Å². The Morgan fingerprint density at radius 1 is 1.04 bits per heavy atom. The van der Waals surface area contributed by atoms with Gasteiger partial charge < -0.3 is 5.32 Å². The Bertz CT molecular complexity index is 666. The average Bonchev–Trinajstić information content (AvgIpc) is 2.61. The smallest absolute Gasteiger partial charge is 0.234 e. The molecule has 0 aliphatic rings. The van der Waals surface area contributed by atoms with Crippen LogP contribution in [0.1, 0.15) is 30.5 Å². The van der Waals surface area contributed by atoms with Crippen molar-refractivity contribution < 1.29 is 4.79 Å². The first-order valence-electron chi connectivity index (χ1n) is 8.85. The van der Waals surface area contributed by atoms with Crippen molar-refractivity contribution in [2.45, 2.75) is 33.1 Å². The van der Waals surface area contributed by atoms with E-state index in [4.69, 9.17) is 0 Å². The standard InChI is InChI=1S/C21H28N2OS/c1-4-23(5-2)14-19-7-6-8-20(13-19)22-21(24)16-25-15-18-11-9-17(3)10-12-18/h6-13H,4-5,14-16H2,1-3H3,(H,22,24). The minimum Gasteiger partial charge on any atom is -0.325 e. The molecule has 4 heteroatoms. The molecule has 3 nitrogen and oxygen atoms in total. The molecule has 1 amide bonds. The van der Waals surface area contributed by atoms with Crippen LogP contribution in [0.3, 0.4) is 0 Å². The molecule has 0 heterocycles. The van der Waals surface area contributed by atoms with E-state index in [1.165, 1.54) is 16.7 Å². The molecule has 1 N–H and O–H groups in total. The van der Waals surface area contributed by atoms with Crippen LogP contribution in [0.4, 0.5) is 5.69 Å².